The van der Waals surface area contributed by atoms with Gasteiger partial charge >= 0.3 is 0 Å². The van der Waals surface area contributed by atoms with Gasteiger partial charge in [0, 0.05) is 18.9 Å². The molecular weight excluding hydrogens is 372 g/mol. The highest BCUT2D eigenvalue weighted by Crippen LogP contribution is 2.23. The number of fused-ring (bicyclic) bond motifs is 1. The van der Waals surface area contributed by atoms with E-state index in [2.05, 4.69) is 0 Å². The molecule has 0 amide bonds. The van der Waals surface area contributed by atoms with Crippen LogP contribution in [0.15, 0.2) is 58.5 Å². The number of para-hydroxylation sites is 1. The van der Waals surface area contributed by atoms with Gasteiger partial charge in [0.25, 0.3) is 5.56 Å². The van der Waals surface area contributed by atoms with Gasteiger partial charge in [-0.25, -0.2) is 4.98 Å². The van der Waals surface area contributed by atoms with Gasteiger partial charge in [0.1, 0.15) is 5.75 Å². The number of rotatable bonds is 9. The maximum absolute atomic E-state index is 13.0. The molecule has 0 spiro atoms. The number of ether oxygens (including phenoxy) is 2. The van der Waals surface area contributed by atoms with Gasteiger partial charge in [-0.2, -0.15) is 0 Å². The van der Waals surface area contributed by atoms with E-state index in [4.69, 9.17) is 14.5 Å². The number of hydrogen-bond acceptors (Lipinski definition) is 5. The van der Waals surface area contributed by atoms with Crippen LogP contribution in [-0.4, -0.2) is 29.4 Å². The fraction of sp³-hybridized carbons (Fsp3) is 0.364. The van der Waals surface area contributed by atoms with E-state index in [1.54, 1.807) is 23.4 Å². The van der Waals surface area contributed by atoms with Crippen molar-refractivity contribution < 1.29 is 9.47 Å². The Kier molecular flexibility index (Phi) is 7.12. The van der Waals surface area contributed by atoms with Crippen molar-refractivity contribution in [3.8, 4) is 5.75 Å². The van der Waals surface area contributed by atoms with Gasteiger partial charge in [-0.15, -0.1) is 0 Å². The minimum Gasteiger partial charge on any atom is -0.497 e. The highest BCUT2D eigenvalue weighted by Gasteiger charge is 2.12. The van der Waals surface area contributed by atoms with E-state index in [-0.39, 0.29) is 11.7 Å². The minimum atomic E-state index is 0.00683. The number of hydrogen-bond donors (Lipinski definition) is 0. The van der Waals surface area contributed by atoms with E-state index in [0.717, 1.165) is 34.2 Å². The Morgan fingerprint density at radius 1 is 1.11 bits per heavy atom. The first-order chi connectivity index (χ1) is 13.6. The minimum absolute atomic E-state index is 0.00683. The van der Waals surface area contributed by atoms with E-state index in [1.807, 2.05) is 62.4 Å². The Hall–Kier alpha value is -2.31. The van der Waals surface area contributed by atoms with E-state index >= 15 is 0 Å². The first-order valence-electron chi connectivity index (χ1n) is 9.45. The molecule has 0 bridgehead atoms. The summed E-state index contributed by atoms with van der Waals surface area (Å²) in [7, 11) is 1.66. The van der Waals surface area contributed by atoms with E-state index in [9.17, 15) is 4.79 Å². The molecule has 0 aliphatic heterocycles. The second-order valence-corrected chi connectivity index (χ2v) is 7.72. The molecule has 148 valence electrons. The predicted molar refractivity (Wildman–Crippen MR) is 114 cm³/mol. The van der Waals surface area contributed by atoms with E-state index in [0.29, 0.717) is 18.5 Å². The average molecular weight is 399 g/mol. The first kappa shape index (κ1) is 20.4. The van der Waals surface area contributed by atoms with Crippen LogP contribution in [-0.2, 0) is 17.0 Å². The summed E-state index contributed by atoms with van der Waals surface area (Å²) >= 11 is 1.58. The van der Waals surface area contributed by atoms with Crippen LogP contribution in [0.3, 0.4) is 0 Å². The fourth-order valence-corrected chi connectivity index (χ4v) is 3.85. The van der Waals surface area contributed by atoms with Crippen molar-refractivity contribution >= 4 is 22.7 Å². The van der Waals surface area contributed by atoms with Crippen LogP contribution < -0.4 is 10.3 Å². The fourth-order valence-electron chi connectivity index (χ4n) is 2.87. The molecule has 0 saturated carbocycles. The first-order valence-corrected chi connectivity index (χ1v) is 10.4. The molecule has 3 rings (SSSR count). The molecule has 1 aromatic heterocycles. The summed E-state index contributed by atoms with van der Waals surface area (Å²) in [5.41, 5.74) is 1.90. The van der Waals surface area contributed by atoms with Crippen molar-refractivity contribution in [1.82, 2.24) is 9.55 Å². The van der Waals surface area contributed by atoms with Crippen LogP contribution in [0.4, 0.5) is 0 Å². The van der Waals surface area contributed by atoms with Gasteiger partial charge in [0.15, 0.2) is 5.16 Å². The zero-order chi connectivity index (χ0) is 19.9. The Morgan fingerprint density at radius 3 is 2.57 bits per heavy atom. The molecule has 0 unspecified atom stereocenters. The lowest BCUT2D eigenvalue weighted by Gasteiger charge is -2.14. The number of aromatic nitrogens is 2. The Bertz CT molecular complexity index is 968. The number of thioether (sulfide) groups is 1. The third-order valence-electron chi connectivity index (χ3n) is 4.33. The van der Waals surface area contributed by atoms with Gasteiger partial charge < -0.3 is 9.47 Å². The summed E-state index contributed by atoms with van der Waals surface area (Å²) in [5.74, 6) is 1.57. The van der Waals surface area contributed by atoms with Gasteiger partial charge in [0.05, 0.1) is 24.1 Å². The topological polar surface area (TPSA) is 53.3 Å². The highest BCUT2D eigenvalue weighted by molar-refractivity contribution is 7.98. The zero-order valence-corrected chi connectivity index (χ0v) is 17.4. The van der Waals surface area contributed by atoms with Crippen molar-refractivity contribution in [2.75, 3.05) is 13.7 Å². The third-order valence-corrected chi connectivity index (χ3v) is 5.38. The molecule has 0 fully saturated rings. The number of methoxy groups -OCH3 is 1. The van der Waals surface area contributed by atoms with Crippen molar-refractivity contribution in [2.24, 2.45) is 0 Å². The van der Waals surface area contributed by atoms with Crippen LogP contribution in [0.2, 0.25) is 0 Å². The monoisotopic (exact) mass is 398 g/mol. The zero-order valence-electron chi connectivity index (χ0n) is 16.6. The SMILES string of the molecule is COc1ccc(CSc2nc3ccccc3c(=O)n2CCCOC(C)C)cc1. The Morgan fingerprint density at radius 2 is 1.86 bits per heavy atom. The molecule has 3 aromatic rings. The number of benzene rings is 2. The molecule has 1 heterocycles. The van der Waals surface area contributed by atoms with Crippen LogP contribution >= 0.6 is 11.8 Å². The normalized spacial score (nSPS) is 11.3. The lowest BCUT2D eigenvalue weighted by Crippen LogP contribution is -2.24. The van der Waals surface area contributed by atoms with Crippen LogP contribution in [0, 0.1) is 0 Å². The highest BCUT2D eigenvalue weighted by atomic mass is 32.2. The van der Waals surface area contributed by atoms with Crippen molar-refractivity contribution in [3.63, 3.8) is 0 Å². The largest absolute Gasteiger partial charge is 0.497 e. The lowest BCUT2D eigenvalue weighted by molar-refractivity contribution is 0.0743. The molecule has 0 saturated heterocycles. The summed E-state index contributed by atoms with van der Waals surface area (Å²) in [4.78, 5) is 17.8. The molecule has 6 heteroatoms. The van der Waals surface area contributed by atoms with Crippen LogP contribution in [0.5, 0.6) is 5.75 Å². The van der Waals surface area contributed by atoms with Crippen molar-refractivity contribution in [3.05, 3.63) is 64.4 Å². The van der Waals surface area contributed by atoms with Crippen LogP contribution in [0.25, 0.3) is 10.9 Å². The van der Waals surface area contributed by atoms with Gasteiger partial charge in [0.2, 0.25) is 0 Å². The molecule has 0 radical (unpaired) electrons. The van der Waals surface area contributed by atoms with E-state index < -0.39 is 0 Å². The molecule has 0 N–H and O–H groups in total. The summed E-state index contributed by atoms with van der Waals surface area (Å²) in [6.07, 6.45) is 0.962. The molecular formula is C22H26N2O3S. The van der Waals surface area contributed by atoms with E-state index in [1.165, 1.54) is 0 Å². The van der Waals surface area contributed by atoms with Crippen molar-refractivity contribution in [1.29, 1.82) is 0 Å². The Labute approximate surface area is 169 Å². The summed E-state index contributed by atoms with van der Waals surface area (Å²) in [6, 6.07) is 15.5. The Balaban J connectivity index is 1.83. The third kappa shape index (κ3) is 5.14. The second kappa shape index (κ2) is 9.75. The molecule has 5 nitrogen and oxygen atoms in total. The standard InChI is InChI=1S/C22H26N2O3S/c1-16(2)27-14-6-13-24-21(25)19-7-4-5-8-20(19)23-22(24)28-15-17-9-11-18(26-3)12-10-17/h4-5,7-12,16H,6,13-15H2,1-3H3. The summed E-state index contributed by atoms with van der Waals surface area (Å²) < 4.78 is 12.6. The lowest BCUT2D eigenvalue weighted by atomic mass is 10.2. The van der Waals surface area contributed by atoms with Gasteiger partial charge in [-0.3, -0.25) is 9.36 Å². The van der Waals surface area contributed by atoms with Gasteiger partial charge in [-0.1, -0.05) is 36.0 Å². The second-order valence-electron chi connectivity index (χ2n) is 6.78. The molecule has 28 heavy (non-hydrogen) atoms. The molecule has 0 aliphatic rings. The van der Waals surface area contributed by atoms with Crippen molar-refractivity contribution in [2.45, 2.75) is 43.8 Å². The summed E-state index contributed by atoms with van der Waals surface area (Å²) in [6.45, 7) is 5.24. The predicted octanol–water partition coefficient (Wildman–Crippen LogP) is 4.51. The molecule has 0 atom stereocenters. The smallest absolute Gasteiger partial charge is 0.262 e. The van der Waals surface area contributed by atoms with Crippen LogP contribution in [0.1, 0.15) is 25.8 Å². The maximum Gasteiger partial charge on any atom is 0.262 e. The molecule has 2 aromatic carbocycles. The van der Waals surface area contributed by atoms with Gasteiger partial charge in [-0.05, 0) is 50.1 Å². The summed E-state index contributed by atoms with van der Waals surface area (Å²) in [5, 5.41) is 1.39. The molecule has 0 aliphatic carbocycles. The average Bonchev–Trinajstić information content (AvgIpc) is 2.71. The number of nitrogens with zero attached hydrogens (tertiary/aromatic N) is 2. The quantitative estimate of drug-likeness (QED) is 0.301. The maximum atomic E-state index is 13.0.